The van der Waals surface area contributed by atoms with Crippen molar-refractivity contribution in [1.82, 2.24) is 0 Å². The quantitative estimate of drug-likeness (QED) is 0.618. The Kier molecular flexibility index (Phi) is 4.45. The van der Waals surface area contributed by atoms with Crippen LogP contribution in [-0.2, 0) is 6.42 Å². The topological polar surface area (TPSA) is 0 Å². The first-order valence-electron chi connectivity index (χ1n) is 5.36. The minimum absolute atomic E-state index is 0.561. The van der Waals surface area contributed by atoms with E-state index in [-0.39, 0.29) is 0 Å². The van der Waals surface area contributed by atoms with Crippen molar-refractivity contribution >= 4 is 46.4 Å². The second-order valence-corrected chi connectivity index (χ2v) is 5.73. The largest absolute Gasteiger partial charge is 0.0827 e. The number of benzene rings is 2. The van der Waals surface area contributed by atoms with E-state index in [1.165, 1.54) is 0 Å². The molecule has 0 bridgehead atoms. The number of hydrogen-bond acceptors (Lipinski definition) is 0. The Balaban J connectivity index is 2.31. The lowest BCUT2D eigenvalue weighted by atomic mass is 10.0. The van der Waals surface area contributed by atoms with Gasteiger partial charge in [-0.2, -0.15) is 0 Å². The molecule has 0 N–H and O–H groups in total. The van der Waals surface area contributed by atoms with Crippen molar-refractivity contribution in [2.24, 2.45) is 0 Å². The van der Waals surface area contributed by atoms with E-state index < -0.39 is 0 Å². The van der Waals surface area contributed by atoms with Gasteiger partial charge in [-0.05, 0) is 48.2 Å². The molecule has 94 valence electrons. The van der Waals surface area contributed by atoms with E-state index in [2.05, 4.69) is 0 Å². The van der Waals surface area contributed by atoms with Gasteiger partial charge in [-0.3, -0.25) is 0 Å². The van der Waals surface area contributed by atoms with Crippen LogP contribution in [0.25, 0.3) is 0 Å². The van der Waals surface area contributed by atoms with Gasteiger partial charge in [-0.1, -0.05) is 58.5 Å². The summed E-state index contributed by atoms with van der Waals surface area (Å²) in [6.07, 6.45) is 0.745. The molecule has 4 heteroatoms. The SMILES string of the molecule is Cc1cc(Cc2ccc(Cl)c(Cl)c2)cc(Cl)c1Cl. The van der Waals surface area contributed by atoms with Gasteiger partial charge in [0.1, 0.15) is 0 Å². The van der Waals surface area contributed by atoms with Crippen molar-refractivity contribution in [2.75, 3.05) is 0 Å². The van der Waals surface area contributed by atoms with E-state index in [9.17, 15) is 0 Å². The summed E-state index contributed by atoms with van der Waals surface area (Å²) < 4.78 is 0. The van der Waals surface area contributed by atoms with Crippen LogP contribution in [-0.4, -0.2) is 0 Å². The molecular weight excluding hydrogens is 310 g/mol. The van der Waals surface area contributed by atoms with Gasteiger partial charge in [0, 0.05) is 0 Å². The van der Waals surface area contributed by atoms with Gasteiger partial charge in [0.25, 0.3) is 0 Å². The van der Waals surface area contributed by atoms with E-state index in [0.717, 1.165) is 23.1 Å². The summed E-state index contributed by atoms with van der Waals surface area (Å²) in [5.41, 5.74) is 3.15. The van der Waals surface area contributed by atoms with E-state index >= 15 is 0 Å². The molecule has 0 aromatic heterocycles. The van der Waals surface area contributed by atoms with Gasteiger partial charge in [0.2, 0.25) is 0 Å². The maximum absolute atomic E-state index is 6.06. The zero-order valence-electron chi connectivity index (χ0n) is 9.61. The van der Waals surface area contributed by atoms with Crippen LogP contribution in [0.4, 0.5) is 0 Å². The minimum Gasteiger partial charge on any atom is -0.0827 e. The standard InChI is InChI=1S/C14H10Cl4/c1-8-4-10(7-13(17)14(8)18)5-9-2-3-11(15)12(16)6-9/h2-4,6-7H,5H2,1H3. The van der Waals surface area contributed by atoms with Crippen LogP contribution in [0.5, 0.6) is 0 Å². The molecule has 0 amide bonds. The maximum Gasteiger partial charge on any atom is 0.0621 e. The fourth-order valence-corrected chi connectivity index (χ4v) is 2.50. The Morgan fingerprint density at radius 2 is 1.44 bits per heavy atom. The fourth-order valence-electron chi connectivity index (χ4n) is 1.78. The molecule has 0 saturated heterocycles. The molecule has 0 radical (unpaired) electrons. The number of rotatable bonds is 2. The molecule has 0 aliphatic heterocycles. The Morgan fingerprint density at radius 3 is 2.06 bits per heavy atom. The molecule has 18 heavy (non-hydrogen) atoms. The summed E-state index contributed by atoms with van der Waals surface area (Å²) in [4.78, 5) is 0. The highest BCUT2D eigenvalue weighted by atomic mass is 35.5. The average Bonchev–Trinajstić information content (AvgIpc) is 2.31. The summed E-state index contributed by atoms with van der Waals surface area (Å²) in [6, 6.07) is 9.51. The molecule has 0 aliphatic carbocycles. The highest BCUT2D eigenvalue weighted by Gasteiger charge is 2.06. The molecule has 0 atom stereocenters. The van der Waals surface area contributed by atoms with Crippen LogP contribution in [0.3, 0.4) is 0 Å². The van der Waals surface area contributed by atoms with Crippen LogP contribution >= 0.6 is 46.4 Å². The second kappa shape index (κ2) is 5.71. The molecule has 0 saturated carbocycles. The van der Waals surface area contributed by atoms with E-state index in [1.807, 2.05) is 31.2 Å². The Hall–Kier alpha value is -0.400. The Bertz CT molecular complexity index is 567. The fraction of sp³-hybridized carbons (Fsp3) is 0.143. The van der Waals surface area contributed by atoms with Crippen LogP contribution < -0.4 is 0 Å². The van der Waals surface area contributed by atoms with Crippen molar-refractivity contribution in [3.05, 3.63) is 67.1 Å². The first kappa shape index (κ1) is 14.0. The van der Waals surface area contributed by atoms with Gasteiger partial charge < -0.3 is 0 Å². The third kappa shape index (κ3) is 3.13. The van der Waals surface area contributed by atoms with Crippen molar-refractivity contribution in [2.45, 2.75) is 13.3 Å². The van der Waals surface area contributed by atoms with Crippen LogP contribution in [0, 0.1) is 6.92 Å². The summed E-state index contributed by atoms with van der Waals surface area (Å²) >= 11 is 24.0. The molecule has 2 aromatic rings. The van der Waals surface area contributed by atoms with Crippen molar-refractivity contribution in [3.63, 3.8) is 0 Å². The van der Waals surface area contributed by atoms with Gasteiger partial charge in [0.15, 0.2) is 0 Å². The smallest absolute Gasteiger partial charge is 0.0621 e. The predicted molar refractivity (Wildman–Crippen MR) is 80.5 cm³/mol. The molecule has 2 aromatic carbocycles. The summed E-state index contributed by atoms with van der Waals surface area (Å²) in [5, 5.41) is 2.30. The van der Waals surface area contributed by atoms with Crippen LogP contribution in [0.1, 0.15) is 16.7 Å². The van der Waals surface area contributed by atoms with Gasteiger partial charge in [-0.25, -0.2) is 0 Å². The Morgan fingerprint density at radius 1 is 0.778 bits per heavy atom. The third-order valence-electron chi connectivity index (χ3n) is 2.66. The molecule has 0 heterocycles. The molecule has 0 fully saturated rings. The zero-order valence-corrected chi connectivity index (χ0v) is 12.6. The van der Waals surface area contributed by atoms with Gasteiger partial charge in [-0.15, -0.1) is 0 Å². The molecule has 0 unspecified atom stereocenters. The lowest BCUT2D eigenvalue weighted by Crippen LogP contribution is -1.90. The normalized spacial score (nSPS) is 10.7. The van der Waals surface area contributed by atoms with Crippen LogP contribution in [0.2, 0.25) is 20.1 Å². The summed E-state index contributed by atoms with van der Waals surface area (Å²) in [5.74, 6) is 0. The van der Waals surface area contributed by atoms with Gasteiger partial charge >= 0.3 is 0 Å². The maximum atomic E-state index is 6.06. The average molecular weight is 320 g/mol. The minimum atomic E-state index is 0.561. The van der Waals surface area contributed by atoms with E-state index in [1.54, 1.807) is 6.07 Å². The van der Waals surface area contributed by atoms with Crippen molar-refractivity contribution in [1.29, 1.82) is 0 Å². The highest BCUT2D eigenvalue weighted by molar-refractivity contribution is 6.42. The van der Waals surface area contributed by atoms with E-state index in [0.29, 0.717) is 20.1 Å². The number of hydrogen-bond donors (Lipinski definition) is 0. The molecular formula is C14H10Cl4. The second-order valence-electron chi connectivity index (χ2n) is 4.13. The molecule has 2 rings (SSSR count). The first-order chi connectivity index (χ1) is 8.47. The summed E-state index contributed by atoms with van der Waals surface area (Å²) in [7, 11) is 0. The lowest BCUT2D eigenvalue weighted by molar-refractivity contribution is 1.18. The Labute approximate surface area is 126 Å². The molecule has 0 aliphatic rings. The molecule has 0 nitrogen and oxygen atoms in total. The van der Waals surface area contributed by atoms with Crippen molar-refractivity contribution in [3.8, 4) is 0 Å². The van der Waals surface area contributed by atoms with Crippen LogP contribution in [0.15, 0.2) is 30.3 Å². The number of aryl methyl sites for hydroxylation is 1. The van der Waals surface area contributed by atoms with Gasteiger partial charge in [0.05, 0.1) is 20.1 Å². The predicted octanol–water partition coefficient (Wildman–Crippen LogP) is 6.20. The van der Waals surface area contributed by atoms with E-state index in [4.69, 9.17) is 46.4 Å². The highest BCUT2D eigenvalue weighted by Crippen LogP contribution is 2.29. The monoisotopic (exact) mass is 318 g/mol. The summed E-state index contributed by atoms with van der Waals surface area (Å²) in [6.45, 7) is 1.94. The first-order valence-corrected chi connectivity index (χ1v) is 6.87. The zero-order chi connectivity index (χ0) is 13.3. The molecule has 0 spiro atoms. The van der Waals surface area contributed by atoms with Crippen molar-refractivity contribution < 1.29 is 0 Å². The number of halogens is 4. The third-order valence-corrected chi connectivity index (χ3v) is 4.30. The lowest BCUT2D eigenvalue weighted by Gasteiger charge is -2.07.